The van der Waals surface area contributed by atoms with Gasteiger partial charge in [0.2, 0.25) is 0 Å². The normalized spacial score (nSPS) is 13.0. The van der Waals surface area contributed by atoms with Crippen molar-refractivity contribution in [1.29, 1.82) is 0 Å². The van der Waals surface area contributed by atoms with Crippen molar-refractivity contribution in [3.8, 4) is 28.1 Å². The van der Waals surface area contributed by atoms with Crippen molar-refractivity contribution >= 4 is 16.9 Å². The molecule has 1 saturated carbocycles. The average molecular weight is 491 g/mol. The maximum absolute atomic E-state index is 12.5. The monoisotopic (exact) mass is 490 g/mol. The van der Waals surface area contributed by atoms with Gasteiger partial charge in [-0.05, 0) is 73.9 Å². The molecule has 0 bridgehead atoms. The Morgan fingerprint density at radius 1 is 1.00 bits per heavy atom. The van der Waals surface area contributed by atoms with Gasteiger partial charge in [-0.25, -0.2) is 9.78 Å². The first kappa shape index (κ1) is 22.9. The summed E-state index contributed by atoms with van der Waals surface area (Å²) in [6.45, 7) is 2.34. The molecule has 3 heterocycles. The molecule has 0 saturated heterocycles. The van der Waals surface area contributed by atoms with Crippen LogP contribution < -0.4 is 4.74 Å². The van der Waals surface area contributed by atoms with Gasteiger partial charge in [0.25, 0.3) is 0 Å². The van der Waals surface area contributed by atoms with E-state index in [1.165, 1.54) is 12.8 Å². The number of para-hydroxylation sites is 1. The molecule has 1 aliphatic rings. The summed E-state index contributed by atoms with van der Waals surface area (Å²) in [5, 5.41) is 5.68. The van der Waals surface area contributed by atoms with Crippen molar-refractivity contribution in [3.05, 3.63) is 96.6 Å². The summed E-state index contributed by atoms with van der Waals surface area (Å²) in [7, 11) is 0. The minimum atomic E-state index is -0.359. The van der Waals surface area contributed by atoms with Crippen molar-refractivity contribution in [3.63, 3.8) is 0 Å². The Morgan fingerprint density at radius 2 is 1.78 bits per heavy atom. The maximum atomic E-state index is 12.5. The van der Waals surface area contributed by atoms with Crippen molar-refractivity contribution in [2.75, 3.05) is 6.61 Å². The zero-order valence-corrected chi connectivity index (χ0v) is 20.5. The third-order valence-corrected chi connectivity index (χ3v) is 6.42. The second kappa shape index (κ2) is 9.85. The molecular weight excluding hydrogens is 464 g/mol. The molecule has 6 rings (SSSR count). The van der Waals surface area contributed by atoms with E-state index < -0.39 is 0 Å². The number of fused-ring (bicyclic) bond motifs is 1. The van der Waals surface area contributed by atoms with Gasteiger partial charge in [0.05, 0.1) is 29.4 Å². The van der Waals surface area contributed by atoms with Gasteiger partial charge in [0.15, 0.2) is 0 Å². The van der Waals surface area contributed by atoms with E-state index in [0.717, 1.165) is 33.3 Å². The highest BCUT2D eigenvalue weighted by atomic mass is 16.5. The molecule has 7 heteroatoms. The van der Waals surface area contributed by atoms with E-state index in [-0.39, 0.29) is 12.6 Å². The predicted octanol–water partition coefficient (Wildman–Crippen LogP) is 6.25. The van der Waals surface area contributed by atoms with Gasteiger partial charge in [-0.1, -0.05) is 18.2 Å². The number of benzene rings is 2. The smallest absolute Gasteiger partial charge is 0.338 e. The number of carbonyl (C=O) groups excluding carboxylic acids is 1. The second-order valence-electron chi connectivity index (χ2n) is 9.05. The minimum Gasteiger partial charge on any atom is -0.487 e. The number of rotatable bonds is 8. The van der Waals surface area contributed by atoms with Crippen LogP contribution >= 0.6 is 0 Å². The molecule has 37 heavy (non-hydrogen) atoms. The van der Waals surface area contributed by atoms with Crippen LogP contribution in [-0.2, 0) is 11.3 Å². The lowest BCUT2D eigenvalue weighted by Crippen LogP contribution is -2.08. The fourth-order valence-corrected chi connectivity index (χ4v) is 4.42. The second-order valence-corrected chi connectivity index (χ2v) is 9.05. The molecule has 0 atom stereocenters. The molecule has 0 aliphatic heterocycles. The fourth-order valence-electron chi connectivity index (χ4n) is 4.42. The van der Waals surface area contributed by atoms with E-state index in [9.17, 15) is 4.79 Å². The number of esters is 1. The molecule has 1 fully saturated rings. The lowest BCUT2D eigenvalue weighted by atomic mass is 10.0. The molecule has 3 aromatic heterocycles. The summed E-state index contributed by atoms with van der Waals surface area (Å²) >= 11 is 0. The zero-order valence-electron chi connectivity index (χ0n) is 20.5. The third kappa shape index (κ3) is 4.80. The first-order chi connectivity index (χ1) is 18.2. The number of carbonyl (C=O) groups is 1. The first-order valence-electron chi connectivity index (χ1n) is 12.5. The number of aromatic nitrogens is 4. The van der Waals surface area contributed by atoms with Gasteiger partial charge in [-0.3, -0.25) is 9.67 Å². The summed E-state index contributed by atoms with van der Waals surface area (Å²) in [6.07, 6.45) is 8.09. The molecule has 184 valence electrons. The Labute approximate surface area is 214 Å². The molecule has 7 nitrogen and oxygen atoms in total. The third-order valence-electron chi connectivity index (χ3n) is 6.42. The van der Waals surface area contributed by atoms with Crippen LogP contribution in [0.15, 0.2) is 85.3 Å². The average Bonchev–Trinajstić information content (AvgIpc) is 3.70. The van der Waals surface area contributed by atoms with E-state index in [0.29, 0.717) is 29.7 Å². The zero-order chi connectivity index (χ0) is 25.2. The predicted molar refractivity (Wildman–Crippen MR) is 141 cm³/mol. The lowest BCUT2D eigenvalue weighted by molar-refractivity contribution is 0.0528. The quantitative estimate of drug-likeness (QED) is 0.239. The molecule has 0 unspecified atom stereocenters. The van der Waals surface area contributed by atoms with Crippen molar-refractivity contribution < 1.29 is 14.3 Å². The maximum Gasteiger partial charge on any atom is 0.338 e. The van der Waals surface area contributed by atoms with Crippen LogP contribution in [-0.4, -0.2) is 32.3 Å². The van der Waals surface area contributed by atoms with Crippen LogP contribution in [0.3, 0.4) is 0 Å². The molecule has 2 aromatic carbocycles. The molecule has 0 spiro atoms. The topological polar surface area (TPSA) is 79.1 Å². The molecule has 0 amide bonds. The molecule has 1 aliphatic carbocycles. The van der Waals surface area contributed by atoms with Crippen molar-refractivity contribution in [2.45, 2.75) is 32.4 Å². The lowest BCUT2D eigenvalue weighted by Gasteiger charge is -2.11. The highest BCUT2D eigenvalue weighted by Crippen LogP contribution is 2.39. The molecular formula is C30H26N4O3. The number of nitrogens with zero attached hydrogens (tertiary/aromatic N) is 4. The van der Waals surface area contributed by atoms with E-state index >= 15 is 0 Å². The largest absolute Gasteiger partial charge is 0.487 e. The minimum absolute atomic E-state index is 0.231. The Hall–Kier alpha value is -4.52. The van der Waals surface area contributed by atoms with Crippen LogP contribution in [0.1, 0.15) is 41.9 Å². The molecule has 5 aromatic rings. The fraction of sp³-hybridized carbons (Fsp3) is 0.200. The summed E-state index contributed by atoms with van der Waals surface area (Å²) in [5.41, 5.74) is 6.04. The Kier molecular flexibility index (Phi) is 6.10. The standard InChI is InChI=1S/C30H26N4O3/c1-2-36-30(35)26-17-22(32-28-6-4-3-5-25(26)28)19-37-24-11-7-21(8-12-24)29-27(20-13-15-31-16-14-20)18-34(33-29)23-9-10-23/h3-8,11-18,23H,2,9-10,19H2,1H3. The number of hydrogen-bond acceptors (Lipinski definition) is 6. The van der Waals surface area contributed by atoms with E-state index in [1.807, 2.05) is 60.7 Å². The van der Waals surface area contributed by atoms with Crippen LogP contribution in [0.25, 0.3) is 33.3 Å². The van der Waals surface area contributed by atoms with Crippen LogP contribution in [0.5, 0.6) is 5.75 Å². The van der Waals surface area contributed by atoms with Gasteiger partial charge in [-0.2, -0.15) is 5.10 Å². The van der Waals surface area contributed by atoms with Gasteiger partial charge >= 0.3 is 5.97 Å². The summed E-state index contributed by atoms with van der Waals surface area (Å²) < 4.78 is 13.4. The van der Waals surface area contributed by atoms with Crippen molar-refractivity contribution in [2.24, 2.45) is 0 Å². The van der Waals surface area contributed by atoms with Crippen molar-refractivity contribution in [1.82, 2.24) is 19.7 Å². The summed E-state index contributed by atoms with van der Waals surface area (Å²) in [6, 6.07) is 21.7. The first-order valence-corrected chi connectivity index (χ1v) is 12.5. The van der Waals surface area contributed by atoms with Gasteiger partial charge in [0, 0.05) is 35.1 Å². The molecule has 0 radical (unpaired) electrons. The Bertz CT molecular complexity index is 1560. The summed E-state index contributed by atoms with van der Waals surface area (Å²) in [4.78, 5) is 21.4. The van der Waals surface area contributed by atoms with Gasteiger partial charge in [-0.15, -0.1) is 0 Å². The van der Waals surface area contributed by atoms with Crippen LogP contribution in [0.4, 0.5) is 0 Å². The highest BCUT2D eigenvalue weighted by molar-refractivity contribution is 6.03. The Morgan fingerprint density at radius 3 is 2.54 bits per heavy atom. The van der Waals surface area contributed by atoms with Crippen LogP contribution in [0.2, 0.25) is 0 Å². The van der Waals surface area contributed by atoms with E-state index in [4.69, 9.17) is 14.6 Å². The van der Waals surface area contributed by atoms with Gasteiger partial charge < -0.3 is 9.47 Å². The number of hydrogen-bond donors (Lipinski definition) is 0. The van der Waals surface area contributed by atoms with E-state index in [2.05, 4.69) is 20.8 Å². The number of ether oxygens (including phenoxy) is 2. The molecule has 0 N–H and O–H groups in total. The summed E-state index contributed by atoms with van der Waals surface area (Å²) in [5.74, 6) is 0.353. The number of pyridine rings is 2. The highest BCUT2D eigenvalue weighted by Gasteiger charge is 2.26. The van der Waals surface area contributed by atoms with Crippen LogP contribution in [0, 0.1) is 0 Å². The Balaban J connectivity index is 1.24. The van der Waals surface area contributed by atoms with Gasteiger partial charge in [0.1, 0.15) is 18.1 Å². The van der Waals surface area contributed by atoms with E-state index in [1.54, 1.807) is 25.4 Å². The SMILES string of the molecule is CCOC(=O)c1cc(COc2ccc(-c3nn(C4CC4)cc3-c3ccncc3)cc2)nc2ccccc12.